The molecule has 5 heteroatoms. The fourth-order valence-electron chi connectivity index (χ4n) is 2.26. The van der Waals surface area contributed by atoms with Crippen molar-refractivity contribution in [2.45, 2.75) is 0 Å². The topological polar surface area (TPSA) is 43.3 Å². The molecule has 2 aromatic carbocycles. The van der Waals surface area contributed by atoms with Crippen LogP contribution < -0.4 is 10.1 Å². The maximum atomic E-state index is 12.4. The minimum Gasteiger partial charge on any atom is -0.495 e. The predicted molar refractivity (Wildman–Crippen MR) is 91.7 cm³/mol. The summed E-state index contributed by atoms with van der Waals surface area (Å²) in [6, 6.07) is 16.3. The van der Waals surface area contributed by atoms with E-state index >= 15 is 0 Å². The number of hydrogen-bond donors (Lipinski definition) is 1. The van der Waals surface area contributed by atoms with Gasteiger partial charge in [-0.15, -0.1) is 0 Å². The SMILES string of the molecule is COc1ccc(Cl)cc1NC(=O)c1ccc(-n2cccc2)cc1. The predicted octanol–water partition coefficient (Wildman–Crippen LogP) is 4.39. The van der Waals surface area contributed by atoms with E-state index in [0.29, 0.717) is 22.0 Å². The summed E-state index contributed by atoms with van der Waals surface area (Å²) in [6.45, 7) is 0. The molecule has 0 saturated heterocycles. The van der Waals surface area contributed by atoms with Gasteiger partial charge < -0.3 is 14.6 Å². The number of anilines is 1. The van der Waals surface area contributed by atoms with E-state index in [1.54, 1.807) is 37.4 Å². The Morgan fingerprint density at radius 1 is 1.09 bits per heavy atom. The third-order valence-corrected chi connectivity index (χ3v) is 3.68. The van der Waals surface area contributed by atoms with Gasteiger partial charge in [0.05, 0.1) is 12.8 Å². The van der Waals surface area contributed by atoms with Crippen molar-refractivity contribution in [2.75, 3.05) is 12.4 Å². The van der Waals surface area contributed by atoms with Gasteiger partial charge >= 0.3 is 0 Å². The minimum absolute atomic E-state index is 0.218. The summed E-state index contributed by atoms with van der Waals surface area (Å²) in [5.74, 6) is 0.344. The molecule has 0 aliphatic rings. The number of aromatic nitrogens is 1. The van der Waals surface area contributed by atoms with Crippen LogP contribution in [0.5, 0.6) is 5.75 Å². The molecule has 0 radical (unpaired) electrons. The zero-order chi connectivity index (χ0) is 16.2. The molecular weight excluding hydrogens is 312 g/mol. The van der Waals surface area contributed by atoms with Crippen molar-refractivity contribution >= 4 is 23.2 Å². The van der Waals surface area contributed by atoms with Crippen molar-refractivity contribution in [3.05, 3.63) is 77.6 Å². The van der Waals surface area contributed by atoms with E-state index in [1.165, 1.54) is 0 Å². The molecule has 0 fully saturated rings. The Balaban J connectivity index is 1.80. The van der Waals surface area contributed by atoms with Crippen molar-refractivity contribution in [1.29, 1.82) is 0 Å². The van der Waals surface area contributed by atoms with E-state index in [0.717, 1.165) is 5.69 Å². The molecule has 116 valence electrons. The molecule has 3 rings (SSSR count). The lowest BCUT2D eigenvalue weighted by Crippen LogP contribution is -2.12. The van der Waals surface area contributed by atoms with Crippen molar-refractivity contribution in [3.8, 4) is 11.4 Å². The van der Waals surface area contributed by atoms with Gasteiger partial charge in [0.25, 0.3) is 5.91 Å². The standard InChI is InChI=1S/C18H15ClN2O2/c1-23-17-9-6-14(19)12-16(17)20-18(22)13-4-7-15(8-5-13)21-10-2-3-11-21/h2-12H,1H3,(H,20,22). The van der Waals surface area contributed by atoms with E-state index in [2.05, 4.69) is 5.32 Å². The molecule has 0 saturated carbocycles. The first-order chi connectivity index (χ1) is 11.2. The fourth-order valence-corrected chi connectivity index (χ4v) is 2.44. The summed E-state index contributed by atoms with van der Waals surface area (Å²) in [7, 11) is 1.55. The molecule has 1 aromatic heterocycles. The monoisotopic (exact) mass is 326 g/mol. The number of hydrogen-bond acceptors (Lipinski definition) is 2. The quantitative estimate of drug-likeness (QED) is 0.772. The normalized spacial score (nSPS) is 10.3. The number of halogens is 1. The van der Waals surface area contributed by atoms with Crippen LogP contribution in [0.25, 0.3) is 5.69 Å². The average molecular weight is 327 g/mol. The van der Waals surface area contributed by atoms with E-state index in [9.17, 15) is 4.79 Å². The minimum atomic E-state index is -0.218. The molecule has 1 N–H and O–H groups in total. The largest absolute Gasteiger partial charge is 0.495 e. The Morgan fingerprint density at radius 3 is 2.43 bits per heavy atom. The highest BCUT2D eigenvalue weighted by molar-refractivity contribution is 6.31. The maximum absolute atomic E-state index is 12.4. The van der Waals surface area contributed by atoms with Crippen LogP contribution in [0.2, 0.25) is 5.02 Å². The number of rotatable bonds is 4. The summed E-state index contributed by atoms with van der Waals surface area (Å²) >= 11 is 5.97. The Morgan fingerprint density at radius 2 is 1.78 bits per heavy atom. The first-order valence-electron chi connectivity index (χ1n) is 7.05. The molecular formula is C18H15ClN2O2. The lowest BCUT2D eigenvalue weighted by atomic mass is 10.2. The first-order valence-corrected chi connectivity index (χ1v) is 7.43. The zero-order valence-electron chi connectivity index (χ0n) is 12.5. The number of nitrogens with zero attached hydrogens (tertiary/aromatic N) is 1. The molecule has 0 atom stereocenters. The lowest BCUT2D eigenvalue weighted by Gasteiger charge is -2.11. The number of methoxy groups -OCH3 is 1. The number of carbonyl (C=O) groups excluding carboxylic acids is 1. The Labute approximate surface area is 139 Å². The van der Waals surface area contributed by atoms with Gasteiger partial charge in [-0.1, -0.05) is 11.6 Å². The number of benzene rings is 2. The second-order valence-electron chi connectivity index (χ2n) is 4.94. The third-order valence-electron chi connectivity index (χ3n) is 3.44. The Kier molecular flexibility index (Phi) is 4.35. The number of amides is 1. The van der Waals surface area contributed by atoms with Crippen LogP contribution in [0.1, 0.15) is 10.4 Å². The van der Waals surface area contributed by atoms with Crippen LogP contribution in [0.4, 0.5) is 5.69 Å². The summed E-state index contributed by atoms with van der Waals surface area (Å²) in [6.07, 6.45) is 3.90. The molecule has 1 heterocycles. The van der Waals surface area contributed by atoms with E-state index in [-0.39, 0.29) is 5.91 Å². The Hall–Kier alpha value is -2.72. The van der Waals surface area contributed by atoms with Gasteiger partial charge in [0, 0.05) is 28.7 Å². The highest BCUT2D eigenvalue weighted by Crippen LogP contribution is 2.28. The fraction of sp³-hybridized carbons (Fsp3) is 0.0556. The third kappa shape index (κ3) is 3.38. The van der Waals surface area contributed by atoms with Gasteiger partial charge in [-0.2, -0.15) is 0 Å². The molecule has 0 unspecified atom stereocenters. The van der Waals surface area contributed by atoms with Gasteiger partial charge in [0.2, 0.25) is 0 Å². The number of nitrogens with one attached hydrogen (secondary N) is 1. The number of carbonyl (C=O) groups is 1. The van der Waals surface area contributed by atoms with Crippen molar-refractivity contribution in [3.63, 3.8) is 0 Å². The Bertz CT molecular complexity index is 812. The summed E-state index contributed by atoms with van der Waals surface area (Å²) in [5, 5.41) is 3.35. The molecule has 23 heavy (non-hydrogen) atoms. The van der Waals surface area contributed by atoms with Gasteiger partial charge in [-0.25, -0.2) is 0 Å². The summed E-state index contributed by atoms with van der Waals surface area (Å²) in [5.41, 5.74) is 2.09. The molecule has 0 bridgehead atoms. The lowest BCUT2D eigenvalue weighted by molar-refractivity contribution is 0.102. The van der Waals surface area contributed by atoms with Crippen molar-refractivity contribution < 1.29 is 9.53 Å². The molecule has 1 amide bonds. The maximum Gasteiger partial charge on any atom is 0.255 e. The van der Waals surface area contributed by atoms with E-state index in [1.807, 2.05) is 41.2 Å². The first kappa shape index (κ1) is 15.2. The van der Waals surface area contributed by atoms with Gasteiger partial charge in [-0.05, 0) is 54.6 Å². The van der Waals surface area contributed by atoms with Crippen LogP contribution in [-0.4, -0.2) is 17.6 Å². The van der Waals surface area contributed by atoms with Crippen LogP contribution in [0.3, 0.4) is 0 Å². The molecule has 0 spiro atoms. The highest BCUT2D eigenvalue weighted by Gasteiger charge is 2.10. The molecule has 0 aliphatic heterocycles. The average Bonchev–Trinajstić information content (AvgIpc) is 3.10. The summed E-state index contributed by atoms with van der Waals surface area (Å²) in [4.78, 5) is 12.4. The van der Waals surface area contributed by atoms with Gasteiger partial charge in [-0.3, -0.25) is 4.79 Å². The highest BCUT2D eigenvalue weighted by atomic mass is 35.5. The van der Waals surface area contributed by atoms with Crippen molar-refractivity contribution in [1.82, 2.24) is 4.57 Å². The molecule has 3 aromatic rings. The molecule has 0 aliphatic carbocycles. The smallest absolute Gasteiger partial charge is 0.255 e. The van der Waals surface area contributed by atoms with Crippen LogP contribution in [0.15, 0.2) is 67.0 Å². The van der Waals surface area contributed by atoms with Crippen LogP contribution >= 0.6 is 11.6 Å². The second-order valence-corrected chi connectivity index (χ2v) is 5.37. The van der Waals surface area contributed by atoms with Crippen LogP contribution in [0, 0.1) is 0 Å². The van der Waals surface area contributed by atoms with Gasteiger partial charge in [0.1, 0.15) is 5.75 Å². The van der Waals surface area contributed by atoms with Gasteiger partial charge in [0.15, 0.2) is 0 Å². The van der Waals surface area contributed by atoms with Crippen molar-refractivity contribution in [2.24, 2.45) is 0 Å². The summed E-state index contributed by atoms with van der Waals surface area (Å²) < 4.78 is 7.20. The second kappa shape index (κ2) is 6.58. The zero-order valence-corrected chi connectivity index (χ0v) is 13.2. The van der Waals surface area contributed by atoms with Crippen LogP contribution in [-0.2, 0) is 0 Å². The van der Waals surface area contributed by atoms with E-state index in [4.69, 9.17) is 16.3 Å². The van der Waals surface area contributed by atoms with E-state index < -0.39 is 0 Å². The number of ether oxygens (including phenoxy) is 1. The molecule has 4 nitrogen and oxygen atoms in total.